The second-order valence-corrected chi connectivity index (χ2v) is 6.97. The summed E-state index contributed by atoms with van der Waals surface area (Å²) >= 11 is 1.49. The predicted octanol–water partition coefficient (Wildman–Crippen LogP) is 5.79. The van der Waals surface area contributed by atoms with E-state index in [1.807, 2.05) is 19.1 Å². The van der Waals surface area contributed by atoms with Crippen LogP contribution in [0.5, 0.6) is 5.75 Å². The van der Waals surface area contributed by atoms with E-state index in [1.165, 1.54) is 40.2 Å². The minimum absolute atomic E-state index is 0.306. The number of rotatable bonds is 6. The minimum atomic E-state index is -0.421. The average Bonchev–Trinajstić information content (AvgIpc) is 3.17. The molecule has 0 unspecified atom stereocenters. The maximum Gasteiger partial charge on any atom is 0.277 e. The van der Waals surface area contributed by atoms with Crippen LogP contribution in [0.2, 0.25) is 0 Å². The third-order valence-electron chi connectivity index (χ3n) is 4.13. The molecule has 0 radical (unpaired) electrons. The number of halogens is 1. The Morgan fingerprint density at radius 1 is 1.00 bits per heavy atom. The van der Waals surface area contributed by atoms with Crippen molar-refractivity contribution in [2.24, 2.45) is 0 Å². The Morgan fingerprint density at radius 2 is 1.78 bits per heavy atom. The van der Waals surface area contributed by atoms with Gasteiger partial charge in [0.25, 0.3) is 11.1 Å². The Labute approximate surface area is 160 Å². The summed E-state index contributed by atoms with van der Waals surface area (Å²) in [6, 6.07) is 20.4. The summed E-state index contributed by atoms with van der Waals surface area (Å²) in [5, 5.41) is 11.1. The highest BCUT2D eigenvalue weighted by Gasteiger charge is 2.16. The fourth-order valence-electron chi connectivity index (χ4n) is 2.77. The normalized spacial score (nSPS) is 12.2. The van der Waals surface area contributed by atoms with Crippen molar-refractivity contribution in [1.29, 1.82) is 0 Å². The summed E-state index contributed by atoms with van der Waals surface area (Å²) in [5.74, 6) is 1.36. The quantitative estimate of drug-likeness (QED) is 0.396. The molecule has 0 bridgehead atoms. The van der Waals surface area contributed by atoms with E-state index in [0.717, 1.165) is 5.75 Å². The molecule has 0 N–H and O–H groups in total. The van der Waals surface area contributed by atoms with E-state index in [-0.39, 0.29) is 5.82 Å². The van der Waals surface area contributed by atoms with Crippen LogP contribution in [-0.2, 0) is 5.75 Å². The van der Waals surface area contributed by atoms with Crippen molar-refractivity contribution in [1.82, 2.24) is 10.2 Å². The van der Waals surface area contributed by atoms with E-state index >= 15 is 0 Å². The molecule has 0 aliphatic heterocycles. The molecule has 27 heavy (non-hydrogen) atoms. The third-order valence-corrected chi connectivity index (χ3v) is 4.99. The Balaban J connectivity index is 1.42. The Bertz CT molecular complexity index is 1040. The second kappa shape index (κ2) is 7.80. The van der Waals surface area contributed by atoms with E-state index in [0.29, 0.717) is 16.9 Å². The van der Waals surface area contributed by atoms with Gasteiger partial charge in [0.15, 0.2) is 6.10 Å². The first-order valence-electron chi connectivity index (χ1n) is 8.54. The van der Waals surface area contributed by atoms with Gasteiger partial charge >= 0.3 is 0 Å². The van der Waals surface area contributed by atoms with Gasteiger partial charge in [0, 0.05) is 5.75 Å². The monoisotopic (exact) mass is 380 g/mol. The molecule has 0 fully saturated rings. The van der Waals surface area contributed by atoms with E-state index in [2.05, 4.69) is 40.5 Å². The largest absolute Gasteiger partial charge is 0.481 e. The van der Waals surface area contributed by atoms with Crippen LogP contribution < -0.4 is 4.74 Å². The molecule has 136 valence electrons. The lowest BCUT2D eigenvalue weighted by Gasteiger charge is -2.10. The number of hydrogen-bond acceptors (Lipinski definition) is 5. The molecule has 4 aromatic rings. The highest BCUT2D eigenvalue weighted by atomic mass is 32.2. The van der Waals surface area contributed by atoms with Crippen molar-refractivity contribution < 1.29 is 13.5 Å². The van der Waals surface area contributed by atoms with Crippen molar-refractivity contribution in [2.45, 2.75) is 24.0 Å². The summed E-state index contributed by atoms with van der Waals surface area (Å²) in [6.07, 6.45) is -0.421. The number of nitrogens with zero attached hydrogens (tertiary/aromatic N) is 2. The summed E-state index contributed by atoms with van der Waals surface area (Å²) in [4.78, 5) is 0. The molecule has 0 saturated heterocycles. The molecule has 1 aromatic heterocycles. The summed E-state index contributed by atoms with van der Waals surface area (Å²) in [7, 11) is 0. The lowest BCUT2D eigenvalue weighted by atomic mass is 10.1. The van der Waals surface area contributed by atoms with E-state index in [9.17, 15) is 4.39 Å². The highest BCUT2D eigenvalue weighted by Crippen LogP contribution is 2.28. The predicted molar refractivity (Wildman–Crippen MR) is 103 cm³/mol. The number of thioether (sulfide) groups is 1. The van der Waals surface area contributed by atoms with Gasteiger partial charge in [-0.15, -0.1) is 10.2 Å². The SMILES string of the molecule is C[C@H](Oc1ccc(F)cc1)c1nnc(SCc2cccc3ccccc23)o1. The van der Waals surface area contributed by atoms with Crippen LogP contribution in [0, 0.1) is 5.82 Å². The molecule has 0 amide bonds. The smallest absolute Gasteiger partial charge is 0.277 e. The highest BCUT2D eigenvalue weighted by molar-refractivity contribution is 7.98. The maximum atomic E-state index is 13.0. The number of hydrogen-bond donors (Lipinski definition) is 0. The second-order valence-electron chi connectivity index (χ2n) is 6.05. The molecule has 4 nitrogen and oxygen atoms in total. The fraction of sp³-hybridized carbons (Fsp3) is 0.143. The average molecular weight is 380 g/mol. The van der Waals surface area contributed by atoms with Crippen LogP contribution >= 0.6 is 11.8 Å². The molecular weight excluding hydrogens is 363 g/mol. The molecule has 0 aliphatic carbocycles. The first-order chi connectivity index (χ1) is 13.2. The van der Waals surface area contributed by atoms with Crippen molar-refractivity contribution in [3.05, 3.63) is 84.0 Å². The van der Waals surface area contributed by atoms with Gasteiger partial charge in [0.05, 0.1) is 0 Å². The molecule has 6 heteroatoms. The van der Waals surface area contributed by atoms with Gasteiger partial charge in [-0.2, -0.15) is 0 Å². The zero-order valence-corrected chi connectivity index (χ0v) is 15.4. The lowest BCUT2D eigenvalue weighted by molar-refractivity contribution is 0.181. The topological polar surface area (TPSA) is 48.2 Å². The fourth-order valence-corrected chi connectivity index (χ4v) is 3.54. The van der Waals surface area contributed by atoms with Crippen molar-refractivity contribution in [2.75, 3.05) is 0 Å². The van der Waals surface area contributed by atoms with E-state index in [4.69, 9.17) is 9.15 Å². The van der Waals surface area contributed by atoms with Crippen LogP contribution in [0.4, 0.5) is 4.39 Å². The summed E-state index contributed by atoms with van der Waals surface area (Å²) in [6.45, 7) is 1.82. The molecular formula is C21H17FN2O2S. The number of ether oxygens (including phenoxy) is 1. The van der Waals surface area contributed by atoms with Gasteiger partial charge in [-0.25, -0.2) is 4.39 Å². The van der Waals surface area contributed by atoms with Crippen LogP contribution in [0.25, 0.3) is 10.8 Å². The van der Waals surface area contributed by atoms with Crippen molar-refractivity contribution >= 4 is 22.5 Å². The molecule has 0 saturated carbocycles. The zero-order valence-electron chi connectivity index (χ0n) is 14.6. The van der Waals surface area contributed by atoms with Crippen molar-refractivity contribution in [3.63, 3.8) is 0 Å². The number of aromatic nitrogens is 2. The summed E-state index contributed by atoms with van der Waals surface area (Å²) in [5.41, 5.74) is 1.22. The van der Waals surface area contributed by atoms with Gasteiger partial charge < -0.3 is 9.15 Å². The van der Waals surface area contributed by atoms with E-state index < -0.39 is 6.10 Å². The van der Waals surface area contributed by atoms with Crippen molar-refractivity contribution in [3.8, 4) is 5.75 Å². The molecule has 0 aliphatic rings. The first kappa shape index (κ1) is 17.5. The van der Waals surface area contributed by atoms with Gasteiger partial charge in [-0.1, -0.05) is 54.2 Å². The van der Waals surface area contributed by atoms with Gasteiger partial charge in [-0.3, -0.25) is 0 Å². The first-order valence-corrected chi connectivity index (χ1v) is 9.52. The Morgan fingerprint density at radius 3 is 2.63 bits per heavy atom. The number of fused-ring (bicyclic) bond motifs is 1. The van der Waals surface area contributed by atoms with Crippen LogP contribution in [-0.4, -0.2) is 10.2 Å². The molecule has 3 aromatic carbocycles. The minimum Gasteiger partial charge on any atom is -0.481 e. The van der Waals surface area contributed by atoms with Gasteiger partial charge in [0.2, 0.25) is 0 Å². The lowest BCUT2D eigenvalue weighted by Crippen LogP contribution is -2.03. The molecule has 1 heterocycles. The van der Waals surface area contributed by atoms with E-state index in [1.54, 1.807) is 12.1 Å². The standard InChI is InChI=1S/C21H17FN2O2S/c1-14(25-18-11-9-17(22)10-12-18)20-23-24-21(26-20)27-13-16-7-4-6-15-5-2-3-8-19(15)16/h2-12,14H,13H2,1H3/t14-/m0/s1. The van der Waals surface area contributed by atoms with Crippen LogP contribution in [0.3, 0.4) is 0 Å². The molecule has 4 rings (SSSR count). The Kier molecular flexibility index (Phi) is 5.07. The van der Waals surface area contributed by atoms with Gasteiger partial charge in [0.1, 0.15) is 11.6 Å². The summed E-state index contributed by atoms with van der Waals surface area (Å²) < 4.78 is 24.4. The zero-order chi connectivity index (χ0) is 18.6. The van der Waals surface area contributed by atoms with Gasteiger partial charge in [-0.05, 0) is 47.5 Å². The molecule has 1 atom stereocenters. The maximum absolute atomic E-state index is 13.0. The third kappa shape index (κ3) is 4.11. The van der Waals surface area contributed by atoms with Crippen LogP contribution in [0.15, 0.2) is 76.4 Å². The molecule has 0 spiro atoms. The Hall–Kier alpha value is -2.86. The van der Waals surface area contributed by atoms with Crippen LogP contribution in [0.1, 0.15) is 24.5 Å². The number of benzene rings is 3.